The standard InChI is InChI=1S/C18H15BrF4N6S/c19-16-8-30-17(28-16)10-1-4-15(26-6-10)18(22,23)13(7-29(25)9-27-24)12-3-2-11(20)5-14(12)21/h1-6,8-9,13H,7,24-25H2/b27-9-. The van der Waals surface area contributed by atoms with E-state index in [1.165, 1.54) is 23.6 Å². The van der Waals surface area contributed by atoms with Gasteiger partial charge in [0.25, 0.3) is 5.92 Å². The summed E-state index contributed by atoms with van der Waals surface area (Å²) in [6.45, 7) is -0.556. The number of thiazole rings is 1. The molecule has 1 atom stereocenters. The zero-order valence-electron chi connectivity index (χ0n) is 15.1. The average molecular weight is 503 g/mol. The second-order valence-electron chi connectivity index (χ2n) is 6.21. The summed E-state index contributed by atoms with van der Waals surface area (Å²) in [5.41, 5.74) is -0.476. The number of nitrogens with two attached hydrogens (primary N) is 2. The minimum atomic E-state index is -3.65. The molecule has 3 aromatic rings. The molecule has 0 aliphatic heterocycles. The fraction of sp³-hybridized carbons (Fsp3) is 0.167. The molecular weight excluding hydrogens is 488 g/mol. The minimum absolute atomic E-state index is 0.419. The van der Waals surface area contributed by atoms with Crippen LogP contribution in [0.3, 0.4) is 0 Å². The summed E-state index contributed by atoms with van der Waals surface area (Å²) >= 11 is 4.54. The summed E-state index contributed by atoms with van der Waals surface area (Å²) in [5.74, 6) is 3.17. The molecular formula is C18H15BrF4N6S. The normalized spacial score (nSPS) is 13.0. The summed E-state index contributed by atoms with van der Waals surface area (Å²) in [4.78, 5) is 8.08. The van der Waals surface area contributed by atoms with E-state index in [9.17, 15) is 8.78 Å². The number of halogens is 5. The number of hydrazine groups is 1. The van der Waals surface area contributed by atoms with Gasteiger partial charge in [-0.05, 0) is 39.7 Å². The molecule has 3 rings (SSSR count). The smallest absolute Gasteiger partial charge is 0.298 e. The van der Waals surface area contributed by atoms with Crippen LogP contribution in [-0.4, -0.2) is 27.9 Å². The van der Waals surface area contributed by atoms with Gasteiger partial charge in [0.1, 0.15) is 33.3 Å². The minimum Gasteiger partial charge on any atom is -0.322 e. The molecule has 30 heavy (non-hydrogen) atoms. The van der Waals surface area contributed by atoms with Crippen LogP contribution in [-0.2, 0) is 5.92 Å². The van der Waals surface area contributed by atoms with Gasteiger partial charge in [0.15, 0.2) is 0 Å². The van der Waals surface area contributed by atoms with E-state index in [1.807, 2.05) is 0 Å². The zero-order chi connectivity index (χ0) is 21.9. The van der Waals surface area contributed by atoms with Crippen molar-refractivity contribution in [3.8, 4) is 10.6 Å². The van der Waals surface area contributed by atoms with E-state index >= 15 is 8.78 Å². The molecule has 0 bridgehead atoms. The van der Waals surface area contributed by atoms with Crippen molar-refractivity contribution in [1.82, 2.24) is 15.0 Å². The maximum Gasteiger partial charge on any atom is 0.298 e. The lowest BCUT2D eigenvalue weighted by atomic mass is 9.89. The van der Waals surface area contributed by atoms with Crippen LogP contribution in [0.2, 0.25) is 0 Å². The summed E-state index contributed by atoms with van der Waals surface area (Å²) < 4.78 is 59.1. The molecule has 0 radical (unpaired) electrons. The molecule has 1 aromatic carbocycles. The third-order valence-corrected chi connectivity index (χ3v) is 5.81. The van der Waals surface area contributed by atoms with Crippen molar-refractivity contribution in [3.63, 3.8) is 0 Å². The molecule has 0 spiro atoms. The third kappa shape index (κ3) is 4.77. The van der Waals surface area contributed by atoms with Gasteiger partial charge in [-0.1, -0.05) is 6.07 Å². The Morgan fingerprint density at radius 3 is 2.60 bits per heavy atom. The number of hydrazone groups is 1. The molecule has 0 amide bonds. The van der Waals surface area contributed by atoms with Crippen LogP contribution in [0.15, 0.2) is 51.6 Å². The van der Waals surface area contributed by atoms with Crippen LogP contribution < -0.4 is 11.7 Å². The number of rotatable bonds is 7. The van der Waals surface area contributed by atoms with Crippen molar-refractivity contribution in [2.75, 3.05) is 6.54 Å². The van der Waals surface area contributed by atoms with E-state index in [2.05, 4.69) is 31.0 Å². The van der Waals surface area contributed by atoms with Crippen LogP contribution in [0.1, 0.15) is 17.2 Å². The summed E-state index contributed by atoms with van der Waals surface area (Å²) in [6, 6.07) is 4.97. The Morgan fingerprint density at radius 2 is 2.03 bits per heavy atom. The van der Waals surface area contributed by atoms with Crippen LogP contribution in [0.25, 0.3) is 10.6 Å². The molecule has 1 unspecified atom stereocenters. The first-order valence-electron chi connectivity index (χ1n) is 8.37. The summed E-state index contributed by atoms with van der Waals surface area (Å²) in [6.07, 6.45) is 2.18. The van der Waals surface area contributed by atoms with Gasteiger partial charge in [0.05, 0.1) is 5.92 Å². The molecule has 0 saturated heterocycles. The highest BCUT2D eigenvalue weighted by Gasteiger charge is 2.45. The van der Waals surface area contributed by atoms with Crippen molar-refractivity contribution in [2.45, 2.75) is 11.8 Å². The Labute approximate surface area is 181 Å². The van der Waals surface area contributed by atoms with Gasteiger partial charge >= 0.3 is 0 Å². The zero-order valence-corrected chi connectivity index (χ0v) is 17.5. The fourth-order valence-electron chi connectivity index (χ4n) is 2.82. The van der Waals surface area contributed by atoms with E-state index in [4.69, 9.17) is 11.7 Å². The predicted molar refractivity (Wildman–Crippen MR) is 110 cm³/mol. The van der Waals surface area contributed by atoms with Crippen molar-refractivity contribution in [3.05, 3.63) is 69.4 Å². The molecule has 2 aromatic heterocycles. The number of benzene rings is 1. The lowest BCUT2D eigenvalue weighted by Gasteiger charge is -2.29. The summed E-state index contributed by atoms with van der Waals surface area (Å²) in [7, 11) is 0. The molecule has 0 fully saturated rings. The van der Waals surface area contributed by atoms with Crippen LogP contribution >= 0.6 is 27.3 Å². The van der Waals surface area contributed by atoms with Gasteiger partial charge < -0.3 is 5.84 Å². The Kier molecular flexibility index (Phi) is 6.68. The molecule has 0 aliphatic rings. The fourth-order valence-corrected chi connectivity index (χ4v) is 4.06. The number of aromatic nitrogens is 2. The average Bonchev–Trinajstić information content (AvgIpc) is 3.13. The van der Waals surface area contributed by atoms with E-state index in [-0.39, 0.29) is 0 Å². The van der Waals surface area contributed by atoms with Crippen molar-refractivity contribution in [2.24, 2.45) is 16.8 Å². The number of alkyl halides is 2. The first kappa shape index (κ1) is 22.1. The first-order valence-corrected chi connectivity index (χ1v) is 10.0. The molecule has 4 N–H and O–H groups in total. The molecule has 0 saturated carbocycles. The highest BCUT2D eigenvalue weighted by Crippen LogP contribution is 2.43. The van der Waals surface area contributed by atoms with Gasteiger partial charge in [0.2, 0.25) is 0 Å². The van der Waals surface area contributed by atoms with Gasteiger partial charge in [0, 0.05) is 29.8 Å². The number of nitrogens with zero attached hydrogens (tertiary/aromatic N) is 4. The lowest BCUT2D eigenvalue weighted by Crippen LogP contribution is -2.40. The van der Waals surface area contributed by atoms with E-state index in [1.54, 1.807) is 5.38 Å². The molecule has 0 aliphatic carbocycles. The van der Waals surface area contributed by atoms with Gasteiger partial charge in [-0.2, -0.15) is 13.9 Å². The van der Waals surface area contributed by atoms with E-state index < -0.39 is 41.3 Å². The maximum absolute atomic E-state index is 15.4. The monoisotopic (exact) mass is 502 g/mol. The largest absolute Gasteiger partial charge is 0.322 e. The SMILES string of the molecule is N/N=C\N(N)CC(c1ccc(F)cc1F)C(F)(F)c1ccc(-c2nc(Br)cs2)cn1. The quantitative estimate of drug-likeness (QED) is 0.166. The topological polar surface area (TPSA) is 93.4 Å². The van der Waals surface area contributed by atoms with Gasteiger partial charge in [-0.15, -0.1) is 11.3 Å². The third-order valence-electron chi connectivity index (χ3n) is 4.21. The van der Waals surface area contributed by atoms with Crippen LogP contribution in [0.4, 0.5) is 17.6 Å². The molecule has 12 heteroatoms. The van der Waals surface area contributed by atoms with Gasteiger partial charge in [-0.3, -0.25) is 9.99 Å². The highest BCUT2D eigenvalue weighted by molar-refractivity contribution is 9.10. The first-order chi connectivity index (χ1) is 14.2. The number of pyridine rings is 1. The molecule has 6 nitrogen and oxygen atoms in total. The predicted octanol–water partition coefficient (Wildman–Crippen LogP) is 4.20. The Balaban J connectivity index is 1.99. The number of hydrogen-bond donors (Lipinski definition) is 2. The van der Waals surface area contributed by atoms with Crippen LogP contribution in [0.5, 0.6) is 0 Å². The lowest BCUT2D eigenvalue weighted by molar-refractivity contribution is -0.0443. The van der Waals surface area contributed by atoms with Crippen molar-refractivity contribution in [1.29, 1.82) is 0 Å². The van der Waals surface area contributed by atoms with E-state index in [0.29, 0.717) is 21.2 Å². The Hall–Kier alpha value is -2.57. The second-order valence-corrected chi connectivity index (χ2v) is 7.88. The summed E-state index contributed by atoms with van der Waals surface area (Å²) in [5, 5.41) is 6.31. The Bertz CT molecular complexity index is 1040. The maximum atomic E-state index is 15.4. The van der Waals surface area contributed by atoms with Crippen molar-refractivity contribution >= 4 is 33.6 Å². The number of hydrogen-bond acceptors (Lipinski definition) is 6. The van der Waals surface area contributed by atoms with Crippen molar-refractivity contribution < 1.29 is 17.6 Å². The van der Waals surface area contributed by atoms with Gasteiger partial charge in [-0.25, -0.2) is 19.6 Å². The Morgan fingerprint density at radius 1 is 1.27 bits per heavy atom. The highest BCUT2D eigenvalue weighted by atomic mass is 79.9. The van der Waals surface area contributed by atoms with E-state index in [0.717, 1.165) is 29.5 Å². The second kappa shape index (κ2) is 9.06. The molecule has 2 heterocycles. The molecule has 158 valence electrons. The van der Waals surface area contributed by atoms with Crippen LogP contribution in [0, 0.1) is 11.6 Å².